The van der Waals surface area contributed by atoms with Gasteiger partial charge in [0, 0.05) is 22.5 Å². The maximum atomic E-state index is 6.08. The van der Waals surface area contributed by atoms with E-state index in [2.05, 4.69) is 17.3 Å². The van der Waals surface area contributed by atoms with E-state index in [1.165, 1.54) is 0 Å². The number of nitrogens with one attached hydrogen (secondary N) is 1. The first kappa shape index (κ1) is 13.3. The molecule has 3 N–H and O–H groups in total. The lowest BCUT2D eigenvalue weighted by molar-refractivity contribution is 0.537. The Hall–Kier alpha value is -0.720. The van der Waals surface area contributed by atoms with Crippen LogP contribution in [0.3, 0.4) is 0 Å². The molecule has 1 aromatic carbocycles. The van der Waals surface area contributed by atoms with Crippen LogP contribution in [-0.4, -0.2) is 6.04 Å². The van der Waals surface area contributed by atoms with Crippen molar-refractivity contribution in [3.05, 3.63) is 33.8 Å². The normalized spacial score (nSPS) is 11.8. The predicted molar refractivity (Wildman–Crippen MR) is 69.3 cm³/mol. The van der Waals surface area contributed by atoms with E-state index in [-0.39, 0.29) is 6.04 Å². The SMILES string of the molecule is CC#CCC(Cc1ccc(Cl)cc1Cl)NN. The van der Waals surface area contributed by atoms with Gasteiger partial charge >= 0.3 is 0 Å². The summed E-state index contributed by atoms with van der Waals surface area (Å²) >= 11 is 11.9. The topological polar surface area (TPSA) is 38.0 Å². The Bertz CT molecular complexity index is 407. The molecule has 0 heterocycles. The highest BCUT2D eigenvalue weighted by Crippen LogP contribution is 2.22. The minimum atomic E-state index is 0.103. The summed E-state index contributed by atoms with van der Waals surface area (Å²) < 4.78 is 0. The van der Waals surface area contributed by atoms with Crippen LogP contribution >= 0.6 is 23.2 Å². The fourth-order valence-electron chi connectivity index (χ4n) is 1.37. The van der Waals surface area contributed by atoms with Gasteiger partial charge in [0.05, 0.1) is 0 Å². The summed E-state index contributed by atoms with van der Waals surface area (Å²) in [6.07, 6.45) is 1.44. The van der Waals surface area contributed by atoms with Crippen LogP contribution in [0.2, 0.25) is 10.0 Å². The zero-order valence-electron chi connectivity index (χ0n) is 9.06. The Balaban J connectivity index is 2.72. The Morgan fingerprint density at radius 3 is 2.75 bits per heavy atom. The average molecular weight is 257 g/mol. The number of benzene rings is 1. The maximum Gasteiger partial charge on any atom is 0.0453 e. The Morgan fingerprint density at radius 2 is 2.19 bits per heavy atom. The highest BCUT2D eigenvalue weighted by atomic mass is 35.5. The molecule has 0 bridgehead atoms. The van der Waals surface area contributed by atoms with Crippen molar-refractivity contribution in [1.29, 1.82) is 0 Å². The van der Waals surface area contributed by atoms with Crippen molar-refractivity contribution < 1.29 is 0 Å². The van der Waals surface area contributed by atoms with Crippen molar-refractivity contribution in [2.45, 2.75) is 25.8 Å². The van der Waals surface area contributed by atoms with E-state index in [0.717, 1.165) is 12.0 Å². The van der Waals surface area contributed by atoms with Gasteiger partial charge in [0.1, 0.15) is 0 Å². The molecule has 16 heavy (non-hydrogen) atoms. The summed E-state index contributed by atoms with van der Waals surface area (Å²) in [7, 11) is 0. The monoisotopic (exact) mass is 256 g/mol. The average Bonchev–Trinajstić information content (AvgIpc) is 2.27. The zero-order valence-corrected chi connectivity index (χ0v) is 10.6. The summed E-state index contributed by atoms with van der Waals surface area (Å²) in [5.41, 5.74) is 3.75. The first-order chi connectivity index (χ1) is 7.67. The van der Waals surface area contributed by atoms with Gasteiger partial charge in [0.15, 0.2) is 0 Å². The van der Waals surface area contributed by atoms with Gasteiger partial charge in [-0.2, -0.15) is 0 Å². The molecule has 4 heteroatoms. The van der Waals surface area contributed by atoms with Crippen LogP contribution in [0.1, 0.15) is 18.9 Å². The predicted octanol–water partition coefficient (Wildman–Crippen LogP) is 2.78. The standard InChI is InChI=1S/C12H14Cl2N2/c1-2-3-4-11(16-15)7-9-5-6-10(13)8-12(9)14/h5-6,8,11,16H,4,7,15H2,1H3. The molecule has 0 aliphatic carbocycles. The highest BCUT2D eigenvalue weighted by Gasteiger charge is 2.09. The molecule has 86 valence electrons. The van der Waals surface area contributed by atoms with Gasteiger partial charge in [-0.3, -0.25) is 11.3 Å². The smallest absolute Gasteiger partial charge is 0.0453 e. The molecule has 2 nitrogen and oxygen atoms in total. The van der Waals surface area contributed by atoms with E-state index >= 15 is 0 Å². The fourth-order valence-corrected chi connectivity index (χ4v) is 1.85. The molecule has 0 aliphatic heterocycles. The highest BCUT2D eigenvalue weighted by molar-refractivity contribution is 6.35. The molecule has 0 fully saturated rings. The Morgan fingerprint density at radius 1 is 1.44 bits per heavy atom. The van der Waals surface area contributed by atoms with Crippen molar-refractivity contribution >= 4 is 23.2 Å². The van der Waals surface area contributed by atoms with E-state index in [0.29, 0.717) is 16.5 Å². The lowest BCUT2D eigenvalue weighted by Crippen LogP contribution is -2.36. The van der Waals surface area contributed by atoms with Crippen LogP contribution in [0, 0.1) is 11.8 Å². The molecule has 1 atom stereocenters. The summed E-state index contributed by atoms with van der Waals surface area (Å²) in [5, 5.41) is 1.30. The first-order valence-corrected chi connectivity index (χ1v) is 5.72. The molecule has 1 aromatic rings. The van der Waals surface area contributed by atoms with E-state index in [9.17, 15) is 0 Å². The number of halogens is 2. The molecule has 0 spiro atoms. The van der Waals surface area contributed by atoms with Crippen LogP contribution in [0.5, 0.6) is 0 Å². The van der Waals surface area contributed by atoms with E-state index in [1.807, 2.05) is 19.1 Å². The molecular formula is C12H14Cl2N2. The molecule has 1 rings (SSSR count). The first-order valence-electron chi connectivity index (χ1n) is 4.97. The van der Waals surface area contributed by atoms with Crippen LogP contribution in [-0.2, 0) is 6.42 Å². The molecular weight excluding hydrogens is 243 g/mol. The van der Waals surface area contributed by atoms with Gasteiger partial charge < -0.3 is 0 Å². The van der Waals surface area contributed by atoms with Gasteiger partial charge in [-0.05, 0) is 31.0 Å². The maximum absolute atomic E-state index is 6.08. The van der Waals surface area contributed by atoms with Gasteiger partial charge in [0.25, 0.3) is 0 Å². The van der Waals surface area contributed by atoms with Crippen molar-refractivity contribution in [2.75, 3.05) is 0 Å². The zero-order chi connectivity index (χ0) is 12.0. The van der Waals surface area contributed by atoms with Crippen molar-refractivity contribution in [1.82, 2.24) is 5.43 Å². The lowest BCUT2D eigenvalue weighted by Gasteiger charge is -2.13. The third-order valence-electron chi connectivity index (χ3n) is 2.24. The number of hydrogen-bond acceptors (Lipinski definition) is 2. The van der Waals surface area contributed by atoms with Crippen LogP contribution in [0.4, 0.5) is 0 Å². The van der Waals surface area contributed by atoms with E-state index in [4.69, 9.17) is 29.0 Å². The largest absolute Gasteiger partial charge is 0.271 e. The summed E-state index contributed by atoms with van der Waals surface area (Å²) in [6, 6.07) is 5.57. The Labute approximate surface area is 106 Å². The van der Waals surface area contributed by atoms with Crippen LogP contribution in [0.15, 0.2) is 18.2 Å². The number of rotatable bonds is 4. The molecule has 0 saturated heterocycles. The van der Waals surface area contributed by atoms with E-state index < -0.39 is 0 Å². The van der Waals surface area contributed by atoms with Crippen molar-refractivity contribution in [3.63, 3.8) is 0 Å². The van der Waals surface area contributed by atoms with E-state index in [1.54, 1.807) is 6.07 Å². The van der Waals surface area contributed by atoms with Crippen molar-refractivity contribution in [3.8, 4) is 11.8 Å². The van der Waals surface area contributed by atoms with Gasteiger partial charge in [0.2, 0.25) is 0 Å². The number of nitrogens with two attached hydrogens (primary N) is 1. The van der Waals surface area contributed by atoms with Crippen LogP contribution in [0.25, 0.3) is 0 Å². The molecule has 0 saturated carbocycles. The third kappa shape index (κ3) is 4.03. The second-order valence-electron chi connectivity index (χ2n) is 3.43. The minimum Gasteiger partial charge on any atom is -0.271 e. The third-order valence-corrected chi connectivity index (χ3v) is 2.83. The molecule has 0 amide bonds. The summed E-state index contributed by atoms with van der Waals surface area (Å²) in [4.78, 5) is 0. The second kappa shape index (κ2) is 6.78. The quantitative estimate of drug-likeness (QED) is 0.494. The second-order valence-corrected chi connectivity index (χ2v) is 4.28. The summed E-state index contributed by atoms with van der Waals surface area (Å²) in [5.74, 6) is 11.3. The van der Waals surface area contributed by atoms with Crippen molar-refractivity contribution in [2.24, 2.45) is 5.84 Å². The summed E-state index contributed by atoms with van der Waals surface area (Å²) in [6.45, 7) is 1.81. The fraction of sp³-hybridized carbons (Fsp3) is 0.333. The molecule has 0 radical (unpaired) electrons. The molecule has 0 aliphatic rings. The number of hydrogen-bond donors (Lipinski definition) is 2. The van der Waals surface area contributed by atoms with Gasteiger partial charge in [-0.25, -0.2) is 0 Å². The minimum absolute atomic E-state index is 0.103. The van der Waals surface area contributed by atoms with Gasteiger partial charge in [-0.1, -0.05) is 29.3 Å². The Kier molecular flexibility index (Phi) is 5.65. The molecule has 0 aromatic heterocycles. The number of hydrazine groups is 1. The lowest BCUT2D eigenvalue weighted by atomic mass is 10.0. The molecule has 1 unspecified atom stereocenters. The van der Waals surface area contributed by atoms with Gasteiger partial charge in [-0.15, -0.1) is 11.8 Å². The van der Waals surface area contributed by atoms with Crippen LogP contribution < -0.4 is 11.3 Å².